The third-order valence-electron chi connectivity index (χ3n) is 2.29. The van der Waals surface area contributed by atoms with Crippen molar-refractivity contribution in [3.8, 4) is 0 Å². The molecule has 0 aromatic heterocycles. The Bertz CT molecular complexity index is 245. The fraction of sp³-hybridized carbons (Fsp3) is 0.800. The van der Waals surface area contributed by atoms with E-state index in [2.05, 4.69) is 10.6 Å². The number of nitrogens with one attached hydrogen (secondary N) is 2. The zero-order chi connectivity index (χ0) is 12.6. The van der Waals surface area contributed by atoms with E-state index in [0.29, 0.717) is 19.6 Å². The number of methoxy groups -OCH3 is 1. The highest BCUT2D eigenvalue weighted by Crippen LogP contribution is 2.09. The Morgan fingerprint density at radius 3 is 2.50 bits per heavy atom. The Kier molecular flexibility index (Phi) is 6.67. The minimum Gasteiger partial charge on any atom is -0.480 e. The summed E-state index contributed by atoms with van der Waals surface area (Å²) in [6.45, 7) is 4.18. The van der Waals surface area contributed by atoms with Gasteiger partial charge in [-0.25, -0.2) is 0 Å². The summed E-state index contributed by atoms with van der Waals surface area (Å²) in [5.41, 5.74) is -1.14. The van der Waals surface area contributed by atoms with Crippen molar-refractivity contribution in [3.63, 3.8) is 0 Å². The van der Waals surface area contributed by atoms with Crippen molar-refractivity contribution in [2.45, 2.75) is 25.8 Å². The second kappa shape index (κ2) is 7.19. The second-order valence-electron chi connectivity index (χ2n) is 3.69. The largest absolute Gasteiger partial charge is 0.480 e. The van der Waals surface area contributed by atoms with Gasteiger partial charge in [0.05, 0.1) is 6.54 Å². The summed E-state index contributed by atoms with van der Waals surface area (Å²) < 4.78 is 4.84. The van der Waals surface area contributed by atoms with Gasteiger partial charge in [0.25, 0.3) is 0 Å². The minimum atomic E-state index is -1.14. The molecule has 0 spiro atoms. The molecular formula is C10H20N2O4. The predicted molar refractivity (Wildman–Crippen MR) is 59.2 cm³/mol. The van der Waals surface area contributed by atoms with Gasteiger partial charge in [0.15, 0.2) is 0 Å². The van der Waals surface area contributed by atoms with Crippen molar-refractivity contribution in [3.05, 3.63) is 0 Å². The van der Waals surface area contributed by atoms with Gasteiger partial charge in [-0.3, -0.25) is 14.9 Å². The van der Waals surface area contributed by atoms with Crippen LogP contribution in [0.5, 0.6) is 0 Å². The zero-order valence-corrected chi connectivity index (χ0v) is 10.0. The van der Waals surface area contributed by atoms with E-state index in [1.54, 1.807) is 6.92 Å². The molecule has 6 nitrogen and oxygen atoms in total. The van der Waals surface area contributed by atoms with E-state index < -0.39 is 11.5 Å². The van der Waals surface area contributed by atoms with Crippen LogP contribution in [0.4, 0.5) is 0 Å². The third kappa shape index (κ3) is 5.09. The first-order valence-electron chi connectivity index (χ1n) is 5.20. The van der Waals surface area contributed by atoms with Crippen LogP contribution in [0.25, 0.3) is 0 Å². The van der Waals surface area contributed by atoms with Crippen LogP contribution in [0.2, 0.25) is 0 Å². The summed E-state index contributed by atoms with van der Waals surface area (Å²) in [6.07, 6.45) is 0.304. The van der Waals surface area contributed by atoms with Crippen molar-refractivity contribution in [2.24, 2.45) is 0 Å². The molecular weight excluding hydrogens is 212 g/mol. The summed E-state index contributed by atoms with van der Waals surface area (Å²) in [5, 5.41) is 14.4. The number of carbonyl (C=O) groups excluding carboxylic acids is 1. The third-order valence-corrected chi connectivity index (χ3v) is 2.29. The average molecular weight is 232 g/mol. The molecule has 94 valence electrons. The van der Waals surface area contributed by atoms with E-state index in [9.17, 15) is 9.59 Å². The zero-order valence-electron chi connectivity index (χ0n) is 10.0. The van der Waals surface area contributed by atoms with E-state index in [1.807, 2.05) is 0 Å². The summed E-state index contributed by atoms with van der Waals surface area (Å²) in [7, 11) is 1.51. The molecule has 3 N–H and O–H groups in total. The summed E-state index contributed by atoms with van der Waals surface area (Å²) >= 11 is 0. The first kappa shape index (κ1) is 14.9. The van der Waals surface area contributed by atoms with Gasteiger partial charge in [0.1, 0.15) is 5.54 Å². The van der Waals surface area contributed by atoms with E-state index in [-0.39, 0.29) is 12.5 Å². The number of carboxylic acid groups (broad SMARTS) is 1. The first-order valence-corrected chi connectivity index (χ1v) is 5.20. The minimum absolute atomic E-state index is 0.0135. The van der Waals surface area contributed by atoms with Crippen LogP contribution in [0.1, 0.15) is 20.3 Å². The van der Waals surface area contributed by atoms with Gasteiger partial charge in [-0.15, -0.1) is 0 Å². The molecule has 1 amide bonds. The number of carboxylic acids is 1. The van der Waals surface area contributed by atoms with E-state index in [4.69, 9.17) is 9.84 Å². The lowest BCUT2D eigenvalue weighted by Gasteiger charge is -2.25. The number of rotatable bonds is 8. The predicted octanol–water partition coefficient (Wildman–Crippen LogP) is -0.408. The van der Waals surface area contributed by atoms with Gasteiger partial charge in [0.2, 0.25) is 5.91 Å². The molecule has 0 aliphatic heterocycles. The Labute approximate surface area is 95.4 Å². The van der Waals surface area contributed by atoms with Crippen molar-refractivity contribution in [1.29, 1.82) is 0 Å². The van der Waals surface area contributed by atoms with Crippen molar-refractivity contribution in [1.82, 2.24) is 10.6 Å². The van der Waals surface area contributed by atoms with Crippen LogP contribution in [0.3, 0.4) is 0 Å². The number of likely N-dealkylation sites (N-methyl/N-ethyl adjacent to an activating group) is 1. The Morgan fingerprint density at radius 2 is 2.06 bits per heavy atom. The van der Waals surface area contributed by atoms with E-state index in [0.717, 1.165) is 0 Å². The van der Waals surface area contributed by atoms with Crippen molar-refractivity contribution in [2.75, 3.05) is 26.8 Å². The number of hydrogen-bond acceptors (Lipinski definition) is 4. The highest BCUT2D eigenvalue weighted by Gasteiger charge is 2.32. The molecule has 0 rings (SSSR count). The number of hydrogen-bond donors (Lipinski definition) is 3. The fourth-order valence-electron chi connectivity index (χ4n) is 1.11. The Hall–Kier alpha value is -1.14. The highest BCUT2D eigenvalue weighted by molar-refractivity contribution is 5.81. The molecule has 6 heteroatoms. The van der Waals surface area contributed by atoms with Gasteiger partial charge in [-0.05, 0) is 20.3 Å². The summed E-state index contributed by atoms with van der Waals surface area (Å²) in [4.78, 5) is 22.2. The standard InChI is InChI=1S/C10H20N2O4/c1-4-11-8(13)7-12-10(2,9(14)15)5-6-16-3/h12H,4-7H2,1-3H3,(H,11,13)(H,14,15). The Balaban J connectivity index is 4.22. The molecule has 0 radical (unpaired) electrons. The average Bonchev–Trinajstić information content (AvgIpc) is 2.24. The Morgan fingerprint density at radius 1 is 1.44 bits per heavy atom. The highest BCUT2D eigenvalue weighted by atomic mass is 16.5. The number of amides is 1. The number of ether oxygens (including phenoxy) is 1. The fourth-order valence-corrected chi connectivity index (χ4v) is 1.11. The lowest BCUT2D eigenvalue weighted by Crippen LogP contribution is -2.53. The lowest BCUT2D eigenvalue weighted by atomic mass is 9.98. The van der Waals surface area contributed by atoms with Gasteiger partial charge in [0, 0.05) is 20.3 Å². The maximum atomic E-state index is 11.2. The summed E-state index contributed by atoms with van der Waals surface area (Å²) in [5.74, 6) is -1.21. The smallest absolute Gasteiger partial charge is 0.323 e. The van der Waals surface area contributed by atoms with Crippen molar-refractivity contribution >= 4 is 11.9 Å². The second-order valence-corrected chi connectivity index (χ2v) is 3.69. The van der Waals surface area contributed by atoms with E-state index in [1.165, 1.54) is 14.0 Å². The molecule has 0 heterocycles. The van der Waals surface area contributed by atoms with Crippen LogP contribution in [-0.4, -0.2) is 49.3 Å². The van der Waals surface area contributed by atoms with Gasteiger partial charge < -0.3 is 15.2 Å². The molecule has 0 saturated carbocycles. The van der Waals surface area contributed by atoms with Crippen LogP contribution in [-0.2, 0) is 14.3 Å². The lowest BCUT2D eigenvalue weighted by molar-refractivity contribution is -0.145. The van der Waals surface area contributed by atoms with Crippen LogP contribution < -0.4 is 10.6 Å². The molecule has 1 unspecified atom stereocenters. The van der Waals surface area contributed by atoms with Crippen LogP contribution in [0.15, 0.2) is 0 Å². The molecule has 0 saturated heterocycles. The molecule has 1 atom stereocenters. The molecule has 0 aromatic carbocycles. The van der Waals surface area contributed by atoms with Gasteiger partial charge in [-0.2, -0.15) is 0 Å². The molecule has 0 fully saturated rings. The molecule has 0 bridgehead atoms. The van der Waals surface area contributed by atoms with Gasteiger partial charge >= 0.3 is 5.97 Å². The van der Waals surface area contributed by atoms with E-state index >= 15 is 0 Å². The van der Waals surface area contributed by atoms with Crippen LogP contribution in [0, 0.1) is 0 Å². The molecule has 0 aromatic rings. The normalized spacial score (nSPS) is 14.2. The van der Waals surface area contributed by atoms with Crippen molar-refractivity contribution < 1.29 is 19.4 Å². The van der Waals surface area contributed by atoms with Gasteiger partial charge in [-0.1, -0.05) is 0 Å². The monoisotopic (exact) mass is 232 g/mol. The number of aliphatic carboxylic acids is 1. The molecule has 0 aliphatic rings. The molecule has 16 heavy (non-hydrogen) atoms. The summed E-state index contributed by atoms with van der Waals surface area (Å²) in [6, 6.07) is 0. The SMILES string of the molecule is CCNC(=O)CNC(C)(CCOC)C(=O)O. The quantitative estimate of drug-likeness (QED) is 0.529. The topological polar surface area (TPSA) is 87.7 Å². The molecule has 0 aliphatic carbocycles. The maximum absolute atomic E-state index is 11.2. The first-order chi connectivity index (χ1) is 7.46. The van der Waals surface area contributed by atoms with Crippen LogP contribution >= 0.6 is 0 Å². The maximum Gasteiger partial charge on any atom is 0.323 e. The number of carbonyl (C=O) groups is 2.